The fraction of sp³-hybridized carbons (Fsp3) is 0.0769. The first-order valence-electron chi connectivity index (χ1n) is 5.61. The molecule has 0 aliphatic rings. The summed E-state index contributed by atoms with van der Waals surface area (Å²) in [5.41, 5.74) is -1.02. The molecule has 0 spiro atoms. The van der Waals surface area contributed by atoms with Gasteiger partial charge in [0.05, 0.1) is 16.1 Å². The van der Waals surface area contributed by atoms with Crippen molar-refractivity contribution in [1.82, 2.24) is 4.98 Å². The molecular weight excluding hydrogens is 309 g/mol. The number of hydrogen-bond acceptors (Lipinski definition) is 3. The van der Waals surface area contributed by atoms with Crippen LogP contribution in [0.3, 0.4) is 0 Å². The number of anilines is 2. The van der Waals surface area contributed by atoms with Crippen LogP contribution in [-0.2, 0) is 6.18 Å². The molecule has 0 saturated carbocycles. The molecule has 4 nitrogen and oxygen atoms in total. The molecule has 2 aromatic rings. The zero-order valence-electron chi connectivity index (χ0n) is 10.3. The molecule has 2 rings (SSSR count). The lowest BCUT2D eigenvalue weighted by atomic mass is 10.2. The molecule has 2 N–H and O–H groups in total. The number of rotatable bonds is 3. The number of pyridine rings is 1. The van der Waals surface area contributed by atoms with E-state index in [9.17, 15) is 18.0 Å². The van der Waals surface area contributed by atoms with Crippen molar-refractivity contribution < 1.29 is 23.1 Å². The summed E-state index contributed by atoms with van der Waals surface area (Å²) >= 11 is 5.69. The number of carboxylic acid groups (broad SMARTS) is 1. The van der Waals surface area contributed by atoms with Gasteiger partial charge in [-0.1, -0.05) is 11.6 Å². The highest BCUT2D eigenvalue weighted by molar-refractivity contribution is 6.33. The Bertz CT molecular complexity index is 689. The standard InChI is InChI=1S/C13H8ClF3N2O2/c14-10-4-3-7(6-8(10)12(20)21)19-11-9(13(15,16)17)2-1-5-18-11/h1-6H,(H,18,19)(H,20,21). The van der Waals surface area contributed by atoms with Gasteiger partial charge in [-0.3, -0.25) is 0 Å². The average molecular weight is 317 g/mol. The van der Waals surface area contributed by atoms with Crippen molar-refractivity contribution in [2.24, 2.45) is 0 Å². The number of carbonyl (C=O) groups is 1. The van der Waals surface area contributed by atoms with Gasteiger partial charge in [0.15, 0.2) is 0 Å². The van der Waals surface area contributed by atoms with Crippen molar-refractivity contribution in [2.45, 2.75) is 6.18 Å². The van der Waals surface area contributed by atoms with Crippen LogP contribution in [0.15, 0.2) is 36.5 Å². The second kappa shape index (κ2) is 5.61. The number of alkyl halides is 3. The first-order valence-corrected chi connectivity index (χ1v) is 5.99. The van der Waals surface area contributed by atoms with Crippen LogP contribution >= 0.6 is 11.6 Å². The van der Waals surface area contributed by atoms with E-state index >= 15 is 0 Å². The molecule has 110 valence electrons. The molecular formula is C13H8ClF3N2O2. The first-order chi connectivity index (χ1) is 9.79. The predicted molar refractivity (Wildman–Crippen MR) is 70.9 cm³/mol. The van der Waals surface area contributed by atoms with E-state index in [-0.39, 0.29) is 16.3 Å². The van der Waals surface area contributed by atoms with Gasteiger partial charge in [0.1, 0.15) is 5.82 Å². The van der Waals surface area contributed by atoms with Crippen LogP contribution in [0, 0.1) is 0 Å². The summed E-state index contributed by atoms with van der Waals surface area (Å²) in [6.45, 7) is 0. The second-order valence-corrected chi connectivity index (χ2v) is 4.43. The molecule has 1 heterocycles. The number of aromatic carboxylic acids is 1. The molecule has 0 unspecified atom stereocenters. The number of hydrogen-bond donors (Lipinski definition) is 2. The van der Waals surface area contributed by atoms with Crippen molar-refractivity contribution in [2.75, 3.05) is 5.32 Å². The highest BCUT2D eigenvalue weighted by Crippen LogP contribution is 2.35. The fourth-order valence-electron chi connectivity index (χ4n) is 1.64. The van der Waals surface area contributed by atoms with E-state index in [1.807, 2.05) is 0 Å². The van der Waals surface area contributed by atoms with E-state index in [4.69, 9.17) is 16.7 Å². The van der Waals surface area contributed by atoms with E-state index in [1.54, 1.807) is 0 Å². The third-order valence-corrected chi connectivity index (χ3v) is 2.90. The van der Waals surface area contributed by atoms with E-state index in [0.717, 1.165) is 12.1 Å². The minimum Gasteiger partial charge on any atom is -0.478 e. The van der Waals surface area contributed by atoms with Crippen molar-refractivity contribution in [3.63, 3.8) is 0 Å². The van der Waals surface area contributed by atoms with Gasteiger partial charge in [0.25, 0.3) is 0 Å². The Kier molecular flexibility index (Phi) is 4.04. The van der Waals surface area contributed by atoms with Crippen LogP contribution in [0.2, 0.25) is 5.02 Å². The van der Waals surface area contributed by atoms with Crippen LogP contribution in [0.1, 0.15) is 15.9 Å². The number of halogens is 4. The highest BCUT2D eigenvalue weighted by atomic mass is 35.5. The van der Waals surface area contributed by atoms with Crippen LogP contribution in [0.4, 0.5) is 24.7 Å². The predicted octanol–water partition coefficient (Wildman–Crippen LogP) is 4.20. The zero-order valence-corrected chi connectivity index (χ0v) is 11.0. The number of nitrogens with one attached hydrogen (secondary N) is 1. The van der Waals surface area contributed by atoms with Gasteiger partial charge in [0, 0.05) is 11.9 Å². The van der Waals surface area contributed by atoms with Crippen molar-refractivity contribution in [1.29, 1.82) is 0 Å². The fourth-order valence-corrected chi connectivity index (χ4v) is 1.84. The maximum absolute atomic E-state index is 12.8. The molecule has 21 heavy (non-hydrogen) atoms. The maximum Gasteiger partial charge on any atom is 0.419 e. The lowest BCUT2D eigenvalue weighted by molar-refractivity contribution is -0.137. The zero-order chi connectivity index (χ0) is 15.6. The molecule has 0 aliphatic heterocycles. The molecule has 0 radical (unpaired) electrons. The van der Waals surface area contributed by atoms with Gasteiger partial charge in [-0.05, 0) is 30.3 Å². The maximum atomic E-state index is 12.8. The Morgan fingerprint density at radius 3 is 2.62 bits per heavy atom. The minimum absolute atomic E-state index is 0.00915. The van der Waals surface area contributed by atoms with E-state index < -0.39 is 23.5 Å². The van der Waals surface area contributed by atoms with Gasteiger partial charge in [0.2, 0.25) is 0 Å². The van der Waals surface area contributed by atoms with Crippen molar-refractivity contribution >= 4 is 29.1 Å². The highest BCUT2D eigenvalue weighted by Gasteiger charge is 2.34. The average Bonchev–Trinajstić information content (AvgIpc) is 2.40. The summed E-state index contributed by atoms with van der Waals surface area (Å²) in [5, 5.41) is 11.4. The second-order valence-electron chi connectivity index (χ2n) is 4.02. The largest absolute Gasteiger partial charge is 0.478 e. The monoisotopic (exact) mass is 316 g/mol. The van der Waals surface area contributed by atoms with Gasteiger partial charge < -0.3 is 10.4 Å². The van der Waals surface area contributed by atoms with Crippen LogP contribution in [0.5, 0.6) is 0 Å². The number of aromatic nitrogens is 1. The lowest BCUT2D eigenvalue weighted by Crippen LogP contribution is -2.10. The summed E-state index contributed by atoms with van der Waals surface area (Å²) in [7, 11) is 0. The summed E-state index contributed by atoms with van der Waals surface area (Å²) in [4.78, 5) is 14.6. The smallest absolute Gasteiger partial charge is 0.419 e. The topological polar surface area (TPSA) is 62.2 Å². The molecule has 0 atom stereocenters. The molecule has 1 aromatic heterocycles. The minimum atomic E-state index is -4.57. The Morgan fingerprint density at radius 2 is 2.00 bits per heavy atom. The van der Waals surface area contributed by atoms with E-state index in [0.29, 0.717) is 0 Å². The first kappa shape index (κ1) is 15.1. The molecule has 0 aliphatic carbocycles. The Labute approximate surface area is 122 Å². The number of nitrogens with zero attached hydrogens (tertiary/aromatic N) is 1. The number of carboxylic acids is 1. The molecule has 0 fully saturated rings. The Hall–Kier alpha value is -2.28. The molecule has 8 heteroatoms. The van der Waals surface area contributed by atoms with Crippen LogP contribution < -0.4 is 5.32 Å². The van der Waals surface area contributed by atoms with Crippen LogP contribution in [0.25, 0.3) is 0 Å². The third-order valence-electron chi connectivity index (χ3n) is 2.57. The Morgan fingerprint density at radius 1 is 1.29 bits per heavy atom. The van der Waals surface area contributed by atoms with E-state index in [1.165, 1.54) is 24.4 Å². The molecule has 1 aromatic carbocycles. The summed E-state index contributed by atoms with van der Waals surface area (Å²) in [6, 6.07) is 5.83. The Balaban J connectivity index is 2.40. The molecule has 0 amide bonds. The van der Waals surface area contributed by atoms with Gasteiger partial charge in [-0.15, -0.1) is 0 Å². The third kappa shape index (κ3) is 3.43. The van der Waals surface area contributed by atoms with E-state index in [2.05, 4.69) is 10.3 Å². The summed E-state index contributed by atoms with van der Waals surface area (Å²) in [6.07, 6.45) is -3.37. The molecule has 0 saturated heterocycles. The summed E-state index contributed by atoms with van der Waals surface area (Å²) in [5.74, 6) is -1.69. The van der Waals surface area contributed by atoms with Crippen molar-refractivity contribution in [3.8, 4) is 0 Å². The van der Waals surface area contributed by atoms with Crippen molar-refractivity contribution in [3.05, 3.63) is 52.7 Å². The quantitative estimate of drug-likeness (QED) is 0.891. The normalized spacial score (nSPS) is 11.2. The van der Waals surface area contributed by atoms with Gasteiger partial charge >= 0.3 is 12.1 Å². The summed E-state index contributed by atoms with van der Waals surface area (Å²) < 4.78 is 38.5. The number of benzene rings is 1. The lowest BCUT2D eigenvalue weighted by Gasteiger charge is -2.13. The molecule has 0 bridgehead atoms. The van der Waals surface area contributed by atoms with Gasteiger partial charge in [-0.2, -0.15) is 13.2 Å². The van der Waals surface area contributed by atoms with Crippen LogP contribution in [-0.4, -0.2) is 16.1 Å². The van der Waals surface area contributed by atoms with Gasteiger partial charge in [-0.25, -0.2) is 9.78 Å². The SMILES string of the molecule is O=C(O)c1cc(Nc2ncccc2C(F)(F)F)ccc1Cl.